The van der Waals surface area contributed by atoms with E-state index in [1.54, 1.807) is 22.1 Å². The van der Waals surface area contributed by atoms with Crippen LogP contribution in [0.2, 0.25) is 0 Å². The first-order valence-corrected chi connectivity index (χ1v) is 9.81. The number of thiophene rings is 1. The molecule has 30 heavy (non-hydrogen) atoms. The number of nitrogens with one attached hydrogen (secondary N) is 1. The fraction of sp³-hybridized carbons (Fsp3) is 0.0476. The largest absolute Gasteiger partial charge is 0.452 e. The van der Waals surface area contributed by atoms with E-state index in [1.165, 1.54) is 18.4 Å². The Morgan fingerprint density at radius 1 is 1.17 bits per heavy atom. The molecule has 3 heterocycles. The van der Waals surface area contributed by atoms with Gasteiger partial charge in [0.05, 0.1) is 10.6 Å². The minimum atomic E-state index is -0.644. The summed E-state index contributed by atoms with van der Waals surface area (Å²) in [5.74, 6) is -0.905. The van der Waals surface area contributed by atoms with Gasteiger partial charge in [0.2, 0.25) is 0 Å². The fourth-order valence-corrected chi connectivity index (χ4v) is 3.36. The number of rotatable bonds is 7. The molecule has 150 valence electrons. The Labute approximate surface area is 175 Å². The summed E-state index contributed by atoms with van der Waals surface area (Å²) in [6, 6.07) is 15.1. The average molecular weight is 420 g/mol. The number of ether oxygens (including phenoxy) is 1. The predicted octanol–water partition coefficient (Wildman–Crippen LogP) is 3.78. The summed E-state index contributed by atoms with van der Waals surface area (Å²) in [6.07, 6.45) is 6.06. The molecule has 1 aromatic carbocycles. The zero-order valence-electron chi connectivity index (χ0n) is 15.6. The van der Waals surface area contributed by atoms with Crippen LogP contribution in [0.4, 0.5) is 5.82 Å². The number of carbonyl (C=O) groups is 2. The zero-order chi connectivity index (χ0) is 20.8. The molecule has 0 fully saturated rings. The molecule has 0 saturated carbocycles. The molecule has 0 aliphatic heterocycles. The second kappa shape index (κ2) is 9.01. The van der Waals surface area contributed by atoms with Gasteiger partial charge in [-0.05, 0) is 29.7 Å². The van der Waals surface area contributed by atoms with Crippen LogP contribution in [0.3, 0.4) is 0 Å². The van der Waals surface area contributed by atoms with Crippen LogP contribution in [0.1, 0.15) is 5.56 Å². The molecule has 0 spiro atoms. The maximum Gasteiger partial charge on any atom is 0.331 e. The lowest BCUT2D eigenvalue weighted by molar-refractivity contribution is -0.142. The minimum Gasteiger partial charge on any atom is -0.452 e. The van der Waals surface area contributed by atoms with Gasteiger partial charge in [-0.3, -0.25) is 4.79 Å². The van der Waals surface area contributed by atoms with Gasteiger partial charge in [-0.2, -0.15) is 5.10 Å². The van der Waals surface area contributed by atoms with Gasteiger partial charge < -0.3 is 14.6 Å². The van der Waals surface area contributed by atoms with Gasteiger partial charge in [0.15, 0.2) is 12.4 Å². The lowest BCUT2D eigenvalue weighted by Crippen LogP contribution is -2.20. The Hall–Kier alpha value is -3.98. The van der Waals surface area contributed by atoms with Crippen molar-refractivity contribution in [2.75, 3.05) is 11.9 Å². The molecule has 1 amide bonds. The average Bonchev–Trinajstić information content (AvgIpc) is 3.53. The smallest absolute Gasteiger partial charge is 0.331 e. The molecular formula is C21H16N4O4S. The number of nitrogens with zero attached hydrogens (tertiary/aromatic N) is 3. The molecule has 1 N–H and O–H groups in total. The summed E-state index contributed by atoms with van der Waals surface area (Å²) in [5, 5.41) is 12.6. The van der Waals surface area contributed by atoms with Crippen molar-refractivity contribution in [3.8, 4) is 16.3 Å². The first kappa shape index (κ1) is 19.3. The Balaban J connectivity index is 1.46. The van der Waals surface area contributed by atoms with E-state index in [1.807, 2.05) is 54.0 Å². The summed E-state index contributed by atoms with van der Waals surface area (Å²) in [4.78, 5) is 24.8. The SMILES string of the molecule is O=C(COC(=O)/C=C/c1cn(-c2ccccc2)nc1-c1cccs1)Nc1ccon1. The molecule has 0 unspecified atom stereocenters. The lowest BCUT2D eigenvalue weighted by atomic mass is 10.2. The van der Waals surface area contributed by atoms with Crippen LogP contribution in [0.25, 0.3) is 22.3 Å². The van der Waals surface area contributed by atoms with E-state index < -0.39 is 18.5 Å². The third kappa shape index (κ3) is 4.70. The monoisotopic (exact) mass is 420 g/mol. The van der Waals surface area contributed by atoms with Crippen LogP contribution in [0.5, 0.6) is 0 Å². The normalized spacial score (nSPS) is 10.9. The third-order valence-electron chi connectivity index (χ3n) is 3.97. The molecule has 4 rings (SSSR count). The van der Waals surface area contributed by atoms with Crippen LogP contribution in [-0.2, 0) is 14.3 Å². The van der Waals surface area contributed by atoms with Crippen molar-refractivity contribution in [1.82, 2.24) is 14.9 Å². The Morgan fingerprint density at radius 3 is 2.77 bits per heavy atom. The van der Waals surface area contributed by atoms with Gasteiger partial charge in [0.25, 0.3) is 5.91 Å². The number of benzene rings is 1. The summed E-state index contributed by atoms with van der Waals surface area (Å²) in [7, 11) is 0. The highest BCUT2D eigenvalue weighted by Crippen LogP contribution is 2.28. The van der Waals surface area contributed by atoms with Crippen molar-refractivity contribution in [2.24, 2.45) is 0 Å². The molecule has 0 aliphatic carbocycles. The molecular weight excluding hydrogens is 404 g/mol. The van der Waals surface area contributed by atoms with Crippen LogP contribution < -0.4 is 5.32 Å². The van der Waals surface area contributed by atoms with E-state index in [9.17, 15) is 9.59 Å². The number of amides is 1. The summed E-state index contributed by atoms with van der Waals surface area (Å²) < 4.78 is 11.3. The Bertz CT molecular complexity index is 1150. The second-order valence-electron chi connectivity index (χ2n) is 6.06. The van der Waals surface area contributed by atoms with E-state index >= 15 is 0 Å². The number of hydrogen-bond donors (Lipinski definition) is 1. The van der Waals surface area contributed by atoms with Crippen molar-refractivity contribution in [1.29, 1.82) is 0 Å². The molecule has 0 radical (unpaired) electrons. The van der Waals surface area contributed by atoms with Gasteiger partial charge in [0.1, 0.15) is 12.0 Å². The maximum absolute atomic E-state index is 12.1. The first-order valence-electron chi connectivity index (χ1n) is 8.93. The molecule has 0 atom stereocenters. The number of hydrogen-bond acceptors (Lipinski definition) is 7. The maximum atomic E-state index is 12.1. The molecule has 0 aliphatic rings. The lowest BCUT2D eigenvalue weighted by Gasteiger charge is -2.01. The van der Waals surface area contributed by atoms with Gasteiger partial charge in [0, 0.05) is 23.9 Å². The number of carbonyl (C=O) groups excluding carboxylic acids is 2. The highest BCUT2D eigenvalue weighted by molar-refractivity contribution is 7.13. The van der Waals surface area contributed by atoms with E-state index in [2.05, 4.69) is 20.1 Å². The van der Waals surface area contributed by atoms with Gasteiger partial charge in [-0.15, -0.1) is 11.3 Å². The summed E-state index contributed by atoms with van der Waals surface area (Å²) >= 11 is 1.56. The van der Waals surface area contributed by atoms with E-state index in [0.29, 0.717) is 0 Å². The van der Waals surface area contributed by atoms with Crippen molar-refractivity contribution < 1.29 is 18.8 Å². The highest BCUT2D eigenvalue weighted by Gasteiger charge is 2.12. The van der Waals surface area contributed by atoms with Gasteiger partial charge >= 0.3 is 5.97 Å². The fourth-order valence-electron chi connectivity index (χ4n) is 2.63. The number of aromatic nitrogens is 3. The third-order valence-corrected chi connectivity index (χ3v) is 4.84. The summed E-state index contributed by atoms with van der Waals surface area (Å²) in [6.45, 7) is -0.433. The predicted molar refractivity (Wildman–Crippen MR) is 112 cm³/mol. The second-order valence-corrected chi connectivity index (χ2v) is 7.01. The molecule has 4 aromatic rings. The molecule has 9 heteroatoms. The van der Waals surface area contributed by atoms with Crippen molar-refractivity contribution in [2.45, 2.75) is 0 Å². The molecule has 3 aromatic heterocycles. The number of esters is 1. The van der Waals surface area contributed by atoms with Crippen LogP contribution in [0, 0.1) is 0 Å². The topological polar surface area (TPSA) is 99.2 Å². The van der Waals surface area contributed by atoms with E-state index in [0.717, 1.165) is 21.8 Å². The first-order chi connectivity index (χ1) is 14.7. The minimum absolute atomic E-state index is 0.250. The number of anilines is 1. The van der Waals surface area contributed by atoms with Crippen LogP contribution in [0.15, 0.2) is 77.0 Å². The quantitative estimate of drug-likeness (QED) is 0.361. The Kier molecular flexibility index (Phi) is 5.81. The standard InChI is InChI=1S/C21H16N4O4S/c26-19(22-18-10-11-29-24-18)14-28-20(27)9-8-15-13-25(16-5-2-1-3-6-16)23-21(15)17-7-4-12-30-17/h1-13H,14H2,(H,22,24,26)/b9-8+. The number of para-hydroxylation sites is 1. The van der Waals surface area contributed by atoms with E-state index in [4.69, 9.17) is 4.74 Å². The molecule has 0 bridgehead atoms. The molecule has 8 nitrogen and oxygen atoms in total. The zero-order valence-corrected chi connectivity index (χ0v) is 16.4. The molecule has 0 saturated heterocycles. The van der Waals surface area contributed by atoms with Crippen LogP contribution >= 0.6 is 11.3 Å². The van der Waals surface area contributed by atoms with Crippen molar-refractivity contribution in [3.63, 3.8) is 0 Å². The van der Waals surface area contributed by atoms with Gasteiger partial charge in [-0.25, -0.2) is 9.48 Å². The summed E-state index contributed by atoms with van der Waals surface area (Å²) in [5.41, 5.74) is 2.41. The van der Waals surface area contributed by atoms with Crippen molar-refractivity contribution >= 4 is 35.1 Å². The Morgan fingerprint density at radius 2 is 2.03 bits per heavy atom. The van der Waals surface area contributed by atoms with E-state index in [-0.39, 0.29) is 5.82 Å². The van der Waals surface area contributed by atoms with Crippen molar-refractivity contribution in [3.05, 3.63) is 78.0 Å². The highest BCUT2D eigenvalue weighted by atomic mass is 32.1. The van der Waals surface area contributed by atoms with Gasteiger partial charge in [-0.1, -0.05) is 29.4 Å². The van der Waals surface area contributed by atoms with Crippen LogP contribution in [-0.4, -0.2) is 33.4 Å².